The molecular formula is C15H26Y-2. The minimum Gasteiger partial charge on any atom is -0.340 e. The molecule has 1 radical (unpaired) electrons. The van der Waals surface area contributed by atoms with Crippen molar-refractivity contribution in [1.29, 1.82) is 0 Å². The van der Waals surface area contributed by atoms with Gasteiger partial charge in [-0.25, -0.2) is 0 Å². The first kappa shape index (κ1) is 15.2. The van der Waals surface area contributed by atoms with Crippen molar-refractivity contribution in [2.24, 2.45) is 29.6 Å². The van der Waals surface area contributed by atoms with Crippen LogP contribution in [0.25, 0.3) is 0 Å². The van der Waals surface area contributed by atoms with Gasteiger partial charge in [0.2, 0.25) is 0 Å². The first-order chi connectivity index (χ1) is 7.16. The summed E-state index contributed by atoms with van der Waals surface area (Å²) in [5.74, 6) is 4.39. The second-order valence-corrected chi connectivity index (χ2v) is 6.16. The molecule has 2 aliphatic rings. The minimum atomic E-state index is 0. The Morgan fingerprint density at radius 2 is 1.69 bits per heavy atom. The van der Waals surface area contributed by atoms with Gasteiger partial charge >= 0.3 is 0 Å². The van der Waals surface area contributed by atoms with Crippen molar-refractivity contribution in [3.63, 3.8) is 0 Å². The zero-order valence-corrected chi connectivity index (χ0v) is 13.8. The maximum Gasteiger partial charge on any atom is 0 e. The molecule has 0 nitrogen and oxygen atoms in total. The van der Waals surface area contributed by atoms with Crippen LogP contribution in [-0.4, -0.2) is 0 Å². The fraction of sp³-hybridized carbons (Fsp3) is 0.867. The summed E-state index contributed by atoms with van der Waals surface area (Å²) >= 11 is 0. The molecule has 1 heteroatoms. The van der Waals surface area contributed by atoms with E-state index in [1.54, 1.807) is 0 Å². The predicted molar refractivity (Wildman–Crippen MR) is 66.2 cm³/mol. The van der Waals surface area contributed by atoms with Crippen LogP contribution in [0.5, 0.6) is 0 Å². The smallest absolute Gasteiger partial charge is 0 e. The van der Waals surface area contributed by atoms with Crippen LogP contribution in [0.1, 0.15) is 52.4 Å². The van der Waals surface area contributed by atoms with Crippen LogP contribution >= 0.6 is 0 Å². The molecule has 0 aromatic rings. The number of hydrogen-bond acceptors (Lipinski definition) is 0. The van der Waals surface area contributed by atoms with E-state index < -0.39 is 0 Å². The maximum absolute atomic E-state index is 4.40. The molecule has 5 atom stereocenters. The fourth-order valence-electron chi connectivity index (χ4n) is 3.59. The van der Waals surface area contributed by atoms with Crippen LogP contribution in [0, 0.1) is 42.9 Å². The van der Waals surface area contributed by atoms with Crippen LogP contribution in [0.15, 0.2) is 0 Å². The van der Waals surface area contributed by atoms with Crippen molar-refractivity contribution in [2.75, 3.05) is 0 Å². The number of hydrogen-bond donors (Lipinski definition) is 0. The molecule has 5 unspecified atom stereocenters. The van der Waals surface area contributed by atoms with Crippen LogP contribution in [0.2, 0.25) is 0 Å². The third-order valence-corrected chi connectivity index (χ3v) is 4.69. The number of rotatable bonds is 1. The Balaban J connectivity index is 0.00000128. The molecule has 16 heavy (non-hydrogen) atoms. The van der Waals surface area contributed by atoms with Crippen molar-refractivity contribution in [3.8, 4) is 0 Å². The van der Waals surface area contributed by atoms with E-state index in [4.69, 9.17) is 0 Å². The van der Waals surface area contributed by atoms with Gasteiger partial charge in [0.1, 0.15) is 0 Å². The summed E-state index contributed by atoms with van der Waals surface area (Å²) in [6.45, 7) is 9.18. The summed E-state index contributed by atoms with van der Waals surface area (Å²) in [6.07, 6.45) is 11.1. The van der Waals surface area contributed by atoms with Crippen molar-refractivity contribution in [2.45, 2.75) is 52.4 Å². The summed E-state index contributed by atoms with van der Waals surface area (Å²) in [7, 11) is 0. The molecular weight excluding hydrogens is 269 g/mol. The van der Waals surface area contributed by atoms with Gasteiger partial charge in [-0.1, -0.05) is 57.8 Å². The fourth-order valence-corrected chi connectivity index (χ4v) is 3.59. The third-order valence-electron chi connectivity index (χ3n) is 4.69. The van der Waals surface area contributed by atoms with Crippen LogP contribution in [0.3, 0.4) is 0 Å². The molecule has 2 rings (SSSR count). The van der Waals surface area contributed by atoms with Gasteiger partial charge in [-0.15, -0.1) is 0 Å². The summed E-state index contributed by atoms with van der Waals surface area (Å²) in [5, 5.41) is 0. The zero-order valence-electron chi connectivity index (χ0n) is 11.0. The molecule has 2 fully saturated rings. The largest absolute Gasteiger partial charge is 0.340 e. The Morgan fingerprint density at radius 1 is 1.00 bits per heavy atom. The third kappa shape index (κ3) is 3.80. The van der Waals surface area contributed by atoms with Gasteiger partial charge in [0.25, 0.3) is 0 Å². The van der Waals surface area contributed by atoms with Gasteiger partial charge in [-0.3, -0.25) is 0 Å². The first-order valence-electron chi connectivity index (χ1n) is 6.83. The van der Waals surface area contributed by atoms with E-state index in [-0.39, 0.29) is 32.7 Å². The van der Waals surface area contributed by atoms with Gasteiger partial charge in [0.05, 0.1) is 0 Å². The van der Waals surface area contributed by atoms with E-state index in [1.165, 1.54) is 38.5 Å². The molecule has 0 aromatic heterocycles. The Labute approximate surface area is 127 Å². The molecule has 0 amide bonds. The average molecular weight is 295 g/mol. The minimum absolute atomic E-state index is 0. The van der Waals surface area contributed by atoms with Crippen molar-refractivity contribution >= 4 is 0 Å². The summed E-state index contributed by atoms with van der Waals surface area (Å²) < 4.78 is 0. The monoisotopic (exact) mass is 295 g/mol. The molecule has 2 saturated carbocycles. The van der Waals surface area contributed by atoms with Crippen LogP contribution < -0.4 is 0 Å². The van der Waals surface area contributed by atoms with Crippen molar-refractivity contribution in [1.82, 2.24) is 0 Å². The van der Waals surface area contributed by atoms with Gasteiger partial charge in [0.15, 0.2) is 0 Å². The topological polar surface area (TPSA) is 0 Å². The Hall–Kier alpha value is 1.10. The summed E-state index contributed by atoms with van der Waals surface area (Å²) in [5.41, 5.74) is 0. The van der Waals surface area contributed by atoms with E-state index in [1.807, 2.05) is 0 Å². The van der Waals surface area contributed by atoms with Gasteiger partial charge in [0, 0.05) is 32.7 Å². The van der Waals surface area contributed by atoms with Gasteiger partial charge in [-0.05, 0) is 5.92 Å². The van der Waals surface area contributed by atoms with Crippen LogP contribution in [-0.2, 0) is 32.7 Å². The average Bonchev–Trinajstić information content (AvgIpc) is 2.20. The molecule has 0 saturated heterocycles. The second kappa shape index (κ2) is 6.88. The molecule has 0 aromatic carbocycles. The maximum atomic E-state index is 4.40. The molecule has 91 valence electrons. The molecule has 0 spiro atoms. The van der Waals surface area contributed by atoms with Crippen molar-refractivity contribution < 1.29 is 32.7 Å². The van der Waals surface area contributed by atoms with E-state index in [0.29, 0.717) is 0 Å². The predicted octanol–water partition coefficient (Wildman–Crippen LogP) is 4.51. The second-order valence-electron chi connectivity index (χ2n) is 6.16. The zero-order chi connectivity index (χ0) is 10.8. The molecule has 0 aliphatic heterocycles. The molecule has 0 heterocycles. The molecule has 0 N–H and O–H groups in total. The Morgan fingerprint density at radius 3 is 2.25 bits per heavy atom. The molecule has 0 bridgehead atoms. The van der Waals surface area contributed by atoms with E-state index in [9.17, 15) is 0 Å². The summed E-state index contributed by atoms with van der Waals surface area (Å²) in [4.78, 5) is 0. The van der Waals surface area contributed by atoms with E-state index in [0.717, 1.165) is 29.6 Å². The standard InChI is InChI=1S/C15H26.Y/c1-11-4-7-14(8-5-11)15-9-6-12(2)10-13(15)3;/h7,11-15H,3-6,8-10H2,1-2H3;/q-2;. The summed E-state index contributed by atoms with van der Waals surface area (Å²) in [6, 6.07) is 0. The van der Waals surface area contributed by atoms with Gasteiger partial charge in [-0.2, -0.15) is 18.3 Å². The SMILES string of the molecule is [CH2-]C1CC(C)CCC1C1[CH-]CC(C)CC1.[Y]. The van der Waals surface area contributed by atoms with Gasteiger partial charge < -0.3 is 13.3 Å². The normalized spacial score (nSPS) is 44.8. The molecule has 2 aliphatic carbocycles. The Kier molecular flexibility index (Phi) is 6.52. The first-order valence-corrected chi connectivity index (χ1v) is 6.83. The van der Waals surface area contributed by atoms with Crippen LogP contribution in [0.4, 0.5) is 0 Å². The van der Waals surface area contributed by atoms with Crippen molar-refractivity contribution in [3.05, 3.63) is 13.3 Å². The Bertz CT molecular complexity index is 194. The quantitative estimate of drug-likeness (QED) is 0.624. The van der Waals surface area contributed by atoms with E-state index in [2.05, 4.69) is 27.2 Å². The van der Waals surface area contributed by atoms with E-state index >= 15 is 0 Å².